The van der Waals surface area contributed by atoms with Gasteiger partial charge in [0, 0.05) is 16.9 Å². The van der Waals surface area contributed by atoms with Gasteiger partial charge in [-0.25, -0.2) is 9.78 Å². The van der Waals surface area contributed by atoms with Gasteiger partial charge >= 0.3 is 6.03 Å². The fourth-order valence-corrected chi connectivity index (χ4v) is 1.38. The Balaban J connectivity index is 1.84. The maximum atomic E-state index is 11.5. The molecular formula is C12H11ClN4O. The molecule has 6 heteroatoms. The minimum Gasteiger partial charge on any atom is -0.307 e. The van der Waals surface area contributed by atoms with Crippen LogP contribution in [0.5, 0.6) is 0 Å². The van der Waals surface area contributed by atoms with Crippen molar-refractivity contribution < 1.29 is 4.79 Å². The predicted molar refractivity (Wildman–Crippen MR) is 71.5 cm³/mol. The number of nitrogens with zero attached hydrogens (tertiary/aromatic N) is 1. The van der Waals surface area contributed by atoms with Crippen LogP contribution in [0.3, 0.4) is 0 Å². The van der Waals surface area contributed by atoms with Crippen LogP contribution < -0.4 is 16.2 Å². The van der Waals surface area contributed by atoms with Gasteiger partial charge in [-0.2, -0.15) is 0 Å². The lowest BCUT2D eigenvalue weighted by molar-refractivity contribution is 0.254. The number of hydrogen-bond donors (Lipinski definition) is 3. The summed E-state index contributed by atoms with van der Waals surface area (Å²) in [6, 6.07) is 11.8. The minimum absolute atomic E-state index is 0.386. The minimum atomic E-state index is -0.386. The summed E-state index contributed by atoms with van der Waals surface area (Å²) in [5.41, 5.74) is 5.80. The predicted octanol–water partition coefficient (Wildman–Crippen LogP) is 2.88. The zero-order valence-corrected chi connectivity index (χ0v) is 10.1. The first-order chi connectivity index (χ1) is 8.74. The molecule has 0 radical (unpaired) electrons. The number of nitrogens with one attached hydrogen (secondary N) is 3. The van der Waals surface area contributed by atoms with E-state index in [1.54, 1.807) is 42.6 Å². The number of benzene rings is 1. The summed E-state index contributed by atoms with van der Waals surface area (Å²) in [5.74, 6) is 0.559. The second-order valence-electron chi connectivity index (χ2n) is 3.43. The Hall–Kier alpha value is -2.27. The Morgan fingerprint density at radius 1 is 1.11 bits per heavy atom. The van der Waals surface area contributed by atoms with Crippen molar-refractivity contribution in [3.63, 3.8) is 0 Å². The quantitative estimate of drug-likeness (QED) is 0.745. The second-order valence-corrected chi connectivity index (χ2v) is 3.86. The van der Waals surface area contributed by atoms with Crippen LogP contribution in [0, 0.1) is 0 Å². The maximum absolute atomic E-state index is 11.5. The molecule has 0 saturated heterocycles. The highest BCUT2D eigenvalue weighted by Gasteiger charge is 2.00. The number of pyridine rings is 1. The van der Waals surface area contributed by atoms with E-state index in [2.05, 4.69) is 21.2 Å². The van der Waals surface area contributed by atoms with Gasteiger partial charge in [0.05, 0.1) is 0 Å². The average molecular weight is 263 g/mol. The highest BCUT2D eigenvalue weighted by molar-refractivity contribution is 6.30. The normalized spacial score (nSPS) is 9.61. The standard InChI is InChI=1S/C12H11ClN4O/c13-9-4-6-10(7-5-9)15-12(18)17-16-11-3-1-2-8-14-11/h1-8H,(H,14,16)(H2,15,17,18). The zero-order valence-electron chi connectivity index (χ0n) is 9.35. The fraction of sp³-hybridized carbons (Fsp3) is 0. The van der Waals surface area contributed by atoms with Gasteiger partial charge in [0.1, 0.15) is 5.82 Å². The Morgan fingerprint density at radius 3 is 2.56 bits per heavy atom. The molecule has 1 heterocycles. The van der Waals surface area contributed by atoms with Crippen molar-refractivity contribution in [1.29, 1.82) is 0 Å². The molecule has 0 unspecified atom stereocenters. The van der Waals surface area contributed by atoms with Gasteiger partial charge in [0.15, 0.2) is 0 Å². The van der Waals surface area contributed by atoms with Crippen LogP contribution in [0.25, 0.3) is 0 Å². The largest absolute Gasteiger partial charge is 0.337 e. The monoisotopic (exact) mass is 262 g/mol. The van der Waals surface area contributed by atoms with Crippen LogP contribution in [0.1, 0.15) is 0 Å². The van der Waals surface area contributed by atoms with Gasteiger partial charge in [-0.15, -0.1) is 0 Å². The molecule has 2 aromatic rings. The molecule has 0 bridgehead atoms. The summed E-state index contributed by atoms with van der Waals surface area (Å²) in [5, 5.41) is 3.26. The first-order valence-corrected chi connectivity index (χ1v) is 5.61. The fourth-order valence-electron chi connectivity index (χ4n) is 1.25. The average Bonchev–Trinajstić information content (AvgIpc) is 2.40. The number of hydrogen-bond acceptors (Lipinski definition) is 3. The number of carbonyl (C=O) groups is 1. The highest BCUT2D eigenvalue weighted by Crippen LogP contribution is 2.12. The molecule has 0 aliphatic rings. The van der Waals surface area contributed by atoms with Crippen molar-refractivity contribution in [2.24, 2.45) is 0 Å². The van der Waals surface area contributed by atoms with Crippen molar-refractivity contribution >= 4 is 29.1 Å². The van der Waals surface area contributed by atoms with Crippen molar-refractivity contribution in [2.45, 2.75) is 0 Å². The number of rotatable bonds is 3. The molecule has 3 N–H and O–H groups in total. The van der Waals surface area contributed by atoms with Gasteiger partial charge in [-0.05, 0) is 36.4 Å². The molecule has 0 spiro atoms. The molecule has 0 aliphatic heterocycles. The van der Waals surface area contributed by atoms with Gasteiger partial charge < -0.3 is 5.32 Å². The maximum Gasteiger partial charge on any atom is 0.337 e. The molecule has 2 amide bonds. The third kappa shape index (κ3) is 3.64. The third-order valence-corrected chi connectivity index (χ3v) is 2.32. The van der Waals surface area contributed by atoms with E-state index < -0.39 is 0 Å². The Morgan fingerprint density at radius 2 is 1.89 bits per heavy atom. The Kier molecular flexibility index (Phi) is 3.98. The number of aromatic nitrogens is 1. The summed E-state index contributed by atoms with van der Waals surface area (Å²) >= 11 is 5.74. The van der Waals surface area contributed by atoms with Crippen molar-refractivity contribution in [3.05, 3.63) is 53.7 Å². The van der Waals surface area contributed by atoms with Crippen LogP contribution in [0.15, 0.2) is 48.7 Å². The summed E-state index contributed by atoms with van der Waals surface area (Å²) in [7, 11) is 0. The first kappa shape index (κ1) is 12.2. The summed E-state index contributed by atoms with van der Waals surface area (Å²) in [6.07, 6.45) is 1.63. The number of amides is 2. The van der Waals surface area contributed by atoms with Gasteiger partial charge in [0.2, 0.25) is 0 Å². The Bertz CT molecular complexity index is 515. The lowest BCUT2D eigenvalue weighted by atomic mass is 10.3. The van der Waals surface area contributed by atoms with E-state index in [9.17, 15) is 4.79 Å². The van der Waals surface area contributed by atoms with Crippen molar-refractivity contribution in [2.75, 3.05) is 10.7 Å². The number of hydrazine groups is 1. The van der Waals surface area contributed by atoms with E-state index in [1.807, 2.05) is 6.07 Å². The van der Waals surface area contributed by atoms with E-state index in [0.717, 1.165) is 0 Å². The van der Waals surface area contributed by atoms with Crippen LogP contribution in [0.2, 0.25) is 5.02 Å². The van der Waals surface area contributed by atoms with Crippen LogP contribution in [0.4, 0.5) is 16.3 Å². The lowest BCUT2D eigenvalue weighted by Gasteiger charge is -2.09. The summed E-state index contributed by atoms with van der Waals surface area (Å²) in [6.45, 7) is 0. The molecule has 5 nitrogen and oxygen atoms in total. The van der Waals surface area contributed by atoms with E-state index in [-0.39, 0.29) is 6.03 Å². The van der Waals surface area contributed by atoms with E-state index in [0.29, 0.717) is 16.5 Å². The highest BCUT2D eigenvalue weighted by atomic mass is 35.5. The molecule has 1 aromatic heterocycles. The molecule has 0 atom stereocenters. The molecule has 18 heavy (non-hydrogen) atoms. The van der Waals surface area contributed by atoms with Gasteiger partial charge in [-0.3, -0.25) is 10.9 Å². The number of carbonyl (C=O) groups excluding carboxylic acids is 1. The van der Waals surface area contributed by atoms with Gasteiger partial charge in [0.25, 0.3) is 0 Å². The van der Waals surface area contributed by atoms with Crippen molar-refractivity contribution in [1.82, 2.24) is 10.4 Å². The van der Waals surface area contributed by atoms with Gasteiger partial charge in [-0.1, -0.05) is 17.7 Å². The van der Waals surface area contributed by atoms with Crippen molar-refractivity contribution in [3.8, 4) is 0 Å². The Labute approximate surface area is 109 Å². The molecule has 0 fully saturated rings. The van der Waals surface area contributed by atoms with Crippen LogP contribution in [-0.2, 0) is 0 Å². The molecule has 1 aromatic carbocycles. The number of urea groups is 1. The second kappa shape index (κ2) is 5.88. The van der Waals surface area contributed by atoms with Crippen LogP contribution in [-0.4, -0.2) is 11.0 Å². The SMILES string of the molecule is O=C(NNc1ccccn1)Nc1ccc(Cl)cc1. The lowest BCUT2D eigenvalue weighted by Crippen LogP contribution is -2.33. The topological polar surface area (TPSA) is 66.0 Å². The summed E-state index contributed by atoms with van der Waals surface area (Å²) in [4.78, 5) is 15.5. The van der Waals surface area contributed by atoms with E-state index in [4.69, 9.17) is 11.6 Å². The zero-order chi connectivity index (χ0) is 12.8. The number of anilines is 2. The summed E-state index contributed by atoms with van der Waals surface area (Å²) < 4.78 is 0. The van der Waals surface area contributed by atoms with E-state index >= 15 is 0 Å². The third-order valence-electron chi connectivity index (χ3n) is 2.07. The van der Waals surface area contributed by atoms with E-state index in [1.165, 1.54) is 0 Å². The molecule has 2 rings (SSSR count). The smallest absolute Gasteiger partial charge is 0.307 e. The molecule has 0 aliphatic carbocycles. The van der Waals surface area contributed by atoms with Crippen LogP contribution >= 0.6 is 11.6 Å². The number of halogens is 1. The molecule has 92 valence electrons. The molecule has 0 saturated carbocycles. The molecular weight excluding hydrogens is 252 g/mol. The first-order valence-electron chi connectivity index (χ1n) is 5.23.